The van der Waals surface area contributed by atoms with E-state index in [1.165, 1.54) is 58.2 Å². The zero-order valence-corrected chi connectivity index (χ0v) is 10.6. The highest BCUT2D eigenvalue weighted by Crippen LogP contribution is 2.35. The second kappa shape index (κ2) is 4.66. The molecule has 0 aromatic rings. The summed E-state index contributed by atoms with van der Waals surface area (Å²) in [5.74, 6) is 2.04. The molecule has 0 aromatic carbocycles. The summed E-state index contributed by atoms with van der Waals surface area (Å²) in [6.07, 6.45) is 8.77. The van der Waals surface area contributed by atoms with Crippen LogP contribution in [0.15, 0.2) is 0 Å². The fraction of sp³-hybridized carbons (Fsp3) is 1.00. The van der Waals surface area contributed by atoms with Crippen molar-refractivity contribution in [1.29, 1.82) is 0 Å². The van der Waals surface area contributed by atoms with Crippen LogP contribution in [0.2, 0.25) is 0 Å². The van der Waals surface area contributed by atoms with Crippen molar-refractivity contribution in [3.8, 4) is 0 Å². The van der Waals surface area contributed by atoms with Crippen molar-refractivity contribution in [2.24, 2.45) is 11.8 Å². The van der Waals surface area contributed by atoms with Crippen molar-refractivity contribution >= 4 is 0 Å². The maximum Gasteiger partial charge on any atom is 0.00966 e. The van der Waals surface area contributed by atoms with Crippen LogP contribution in [-0.4, -0.2) is 36.6 Å². The van der Waals surface area contributed by atoms with Gasteiger partial charge in [-0.2, -0.15) is 0 Å². The smallest absolute Gasteiger partial charge is 0.00966 e. The molecule has 2 unspecified atom stereocenters. The van der Waals surface area contributed by atoms with E-state index in [0.717, 1.165) is 23.9 Å². The van der Waals surface area contributed by atoms with Gasteiger partial charge in [-0.25, -0.2) is 0 Å². The first-order valence-electron chi connectivity index (χ1n) is 7.28. The maximum atomic E-state index is 3.56. The molecule has 0 bridgehead atoms. The molecule has 0 aromatic heterocycles. The summed E-state index contributed by atoms with van der Waals surface area (Å²) in [6.45, 7) is 6.40. The highest BCUT2D eigenvalue weighted by molar-refractivity contribution is 4.90. The predicted molar refractivity (Wildman–Crippen MR) is 67.5 cm³/mol. The largest absolute Gasteiger partial charge is 0.314 e. The SMILES string of the molecule is CC1CC(CN(CC2CC2)C2CC2)CCN1. The van der Waals surface area contributed by atoms with E-state index in [1.54, 1.807) is 0 Å². The first kappa shape index (κ1) is 11.0. The van der Waals surface area contributed by atoms with Gasteiger partial charge in [-0.15, -0.1) is 0 Å². The van der Waals surface area contributed by atoms with Gasteiger partial charge in [0.05, 0.1) is 0 Å². The van der Waals surface area contributed by atoms with Gasteiger partial charge in [-0.1, -0.05) is 0 Å². The van der Waals surface area contributed by atoms with Crippen LogP contribution in [0.5, 0.6) is 0 Å². The molecule has 2 atom stereocenters. The molecular formula is C14H26N2. The highest BCUT2D eigenvalue weighted by Gasteiger charge is 2.35. The number of hydrogen-bond acceptors (Lipinski definition) is 2. The van der Waals surface area contributed by atoms with E-state index in [9.17, 15) is 0 Å². The Balaban J connectivity index is 1.49. The Morgan fingerprint density at radius 3 is 2.38 bits per heavy atom. The van der Waals surface area contributed by atoms with Crippen LogP contribution in [0.4, 0.5) is 0 Å². The fourth-order valence-corrected chi connectivity index (χ4v) is 3.18. The van der Waals surface area contributed by atoms with Crippen LogP contribution in [0.1, 0.15) is 45.4 Å². The summed E-state index contributed by atoms with van der Waals surface area (Å²) in [4.78, 5) is 2.83. The second-order valence-corrected chi connectivity index (χ2v) is 6.37. The van der Waals surface area contributed by atoms with E-state index in [-0.39, 0.29) is 0 Å². The van der Waals surface area contributed by atoms with Crippen molar-refractivity contribution in [3.05, 3.63) is 0 Å². The first-order valence-corrected chi connectivity index (χ1v) is 7.28. The molecule has 2 saturated carbocycles. The Morgan fingerprint density at radius 1 is 1.00 bits per heavy atom. The predicted octanol–water partition coefficient (Wildman–Crippen LogP) is 2.25. The lowest BCUT2D eigenvalue weighted by Crippen LogP contribution is -2.41. The standard InChI is InChI=1S/C14H26N2/c1-11-8-13(6-7-15-11)10-16(14-4-5-14)9-12-2-3-12/h11-15H,2-10H2,1H3. The van der Waals surface area contributed by atoms with Gasteiger partial charge in [0.2, 0.25) is 0 Å². The quantitative estimate of drug-likeness (QED) is 0.767. The Kier molecular flexibility index (Phi) is 3.21. The number of hydrogen-bond donors (Lipinski definition) is 1. The van der Waals surface area contributed by atoms with E-state index >= 15 is 0 Å². The maximum absolute atomic E-state index is 3.56. The van der Waals surface area contributed by atoms with E-state index in [1.807, 2.05) is 0 Å². The normalized spacial score (nSPS) is 35.6. The molecule has 3 fully saturated rings. The van der Waals surface area contributed by atoms with Crippen molar-refractivity contribution in [2.75, 3.05) is 19.6 Å². The number of nitrogens with zero attached hydrogens (tertiary/aromatic N) is 1. The average molecular weight is 222 g/mol. The molecule has 3 aliphatic rings. The van der Waals surface area contributed by atoms with Gasteiger partial charge in [0, 0.05) is 25.2 Å². The molecule has 2 nitrogen and oxygen atoms in total. The minimum absolute atomic E-state index is 0.751. The van der Waals surface area contributed by atoms with Gasteiger partial charge in [-0.05, 0) is 63.8 Å². The van der Waals surface area contributed by atoms with Crippen molar-refractivity contribution in [3.63, 3.8) is 0 Å². The number of piperidine rings is 1. The third kappa shape index (κ3) is 2.98. The van der Waals surface area contributed by atoms with Crippen LogP contribution >= 0.6 is 0 Å². The summed E-state index contributed by atoms with van der Waals surface area (Å²) in [5, 5.41) is 3.56. The zero-order valence-electron chi connectivity index (χ0n) is 10.6. The lowest BCUT2D eigenvalue weighted by molar-refractivity contribution is 0.178. The minimum atomic E-state index is 0.751. The van der Waals surface area contributed by atoms with Gasteiger partial charge in [0.1, 0.15) is 0 Å². The summed E-state index contributed by atoms with van der Waals surface area (Å²) in [6, 6.07) is 1.73. The molecule has 1 saturated heterocycles. The van der Waals surface area contributed by atoms with Crippen LogP contribution < -0.4 is 5.32 Å². The molecule has 16 heavy (non-hydrogen) atoms. The van der Waals surface area contributed by atoms with Crippen LogP contribution in [0, 0.1) is 11.8 Å². The molecule has 0 radical (unpaired) electrons. The van der Waals surface area contributed by atoms with Gasteiger partial charge in [0.25, 0.3) is 0 Å². The second-order valence-electron chi connectivity index (χ2n) is 6.37. The molecule has 2 heteroatoms. The Bertz CT molecular complexity index is 233. The molecule has 1 N–H and O–H groups in total. The number of rotatable bonds is 5. The molecule has 92 valence electrons. The summed E-state index contributed by atoms with van der Waals surface area (Å²) < 4.78 is 0. The summed E-state index contributed by atoms with van der Waals surface area (Å²) in [7, 11) is 0. The van der Waals surface area contributed by atoms with Gasteiger partial charge >= 0.3 is 0 Å². The lowest BCUT2D eigenvalue weighted by atomic mass is 9.92. The monoisotopic (exact) mass is 222 g/mol. The van der Waals surface area contributed by atoms with E-state index < -0.39 is 0 Å². The van der Waals surface area contributed by atoms with Crippen LogP contribution in [0.3, 0.4) is 0 Å². The fourth-order valence-electron chi connectivity index (χ4n) is 3.18. The summed E-state index contributed by atoms with van der Waals surface area (Å²) in [5.41, 5.74) is 0. The van der Waals surface area contributed by atoms with E-state index in [0.29, 0.717) is 0 Å². The molecule has 2 aliphatic carbocycles. The molecule has 0 spiro atoms. The van der Waals surface area contributed by atoms with E-state index in [4.69, 9.17) is 0 Å². The van der Waals surface area contributed by atoms with E-state index in [2.05, 4.69) is 17.1 Å². The van der Waals surface area contributed by atoms with Gasteiger partial charge < -0.3 is 5.32 Å². The molecule has 0 amide bonds. The molecule has 1 aliphatic heterocycles. The Morgan fingerprint density at radius 2 is 1.75 bits per heavy atom. The highest BCUT2D eigenvalue weighted by atomic mass is 15.2. The van der Waals surface area contributed by atoms with Crippen LogP contribution in [-0.2, 0) is 0 Å². The molecule has 1 heterocycles. The first-order chi connectivity index (χ1) is 7.81. The summed E-state index contributed by atoms with van der Waals surface area (Å²) >= 11 is 0. The molecule has 3 rings (SSSR count). The van der Waals surface area contributed by atoms with Crippen molar-refractivity contribution < 1.29 is 0 Å². The zero-order chi connectivity index (χ0) is 11.0. The topological polar surface area (TPSA) is 15.3 Å². The Hall–Kier alpha value is -0.0800. The Labute approximate surface area is 99.8 Å². The van der Waals surface area contributed by atoms with Gasteiger partial charge in [-0.3, -0.25) is 4.90 Å². The lowest BCUT2D eigenvalue weighted by Gasteiger charge is -2.33. The number of nitrogens with one attached hydrogen (secondary N) is 1. The van der Waals surface area contributed by atoms with Gasteiger partial charge in [0.15, 0.2) is 0 Å². The molecular weight excluding hydrogens is 196 g/mol. The van der Waals surface area contributed by atoms with Crippen molar-refractivity contribution in [1.82, 2.24) is 10.2 Å². The van der Waals surface area contributed by atoms with Crippen molar-refractivity contribution in [2.45, 2.75) is 57.5 Å². The average Bonchev–Trinajstić information content (AvgIpc) is 3.12. The third-order valence-electron chi connectivity index (χ3n) is 4.48. The van der Waals surface area contributed by atoms with Crippen LogP contribution in [0.25, 0.3) is 0 Å². The minimum Gasteiger partial charge on any atom is -0.314 e. The third-order valence-corrected chi connectivity index (χ3v) is 4.48.